The molecule has 100 valence electrons. The zero-order valence-electron chi connectivity index (χ0n) is 10.0. The van der Waals surface area contributed by atoms with Gasteiger partial charge in [0.25, 0.3) is 0 Å². The van der Waals surface area contributed by atoms with Gasteiger partial charge in [-0.1, -0.05) is 11.6 Å². The number of nitrogens with one attached hydrogen (secondary N) is 1. The van der Waals surface area contributed by atoms with E-state index in [2.05, 4.69) is 21.2 Å². The largest absolute Gasteiger partial charge is 0.497 e. The van der Waals surface area contributed by atoms with Gasteiger partial charge >= 0.3 is 0 Å². The van der Waals surface area contributed by atoms with Crippen LogP contribution in [-0.2, 0) is 0 Å². The molecule has 0 bridgehead atoms. The first-order chi connectivity index (χ1) is 9.01. The van der Waals surface area contributed by atoms with E-state index in [0.717, 1.165) is 10.2 Å². The number of benzene rings is 2. The van der Waals surface area contributed by atoms with Gasteiger partial charge < -0.3 is 15.8 Å². The van der Waals surface area contributed by atoms with E-state index in [4.69, 9.17) is 22.1 Å². The van der Waals surface area contributed by atoms with Crippen LogP contribution in [-0.4, -0.2) is 7.11 Å². The van der Waals surface area contributed by atoms with E-state index in [1.807, 2.05) is 12.1 Å². The minimum absolute atomic E-state index is 0.00992. The Hall–Kier alpha value is -1.46. The Morgan fingerprint density at radius 3 is 2.68 bits per heavy atom. The van der Waals surface area contributed by atoms with Crippen LogP contribution in [0.1, 0.15) is 0 Å². The molecule has 2 aromatic carbocycles. The summed E-state index contributed by atoms with van der Waals surface area (Å²) in [7, 11) is 1.58. The first-order valence-electron chi connectivity index (χ1n) is 5.36. The molecule has 6 heteroatoms. The number of rotatable bonds is 3. The summed E-state index contributed by atoms with van der Waals surface area (Å²) in [6.45, 7) is 0. The van der Waals surface area contributed by atoms with Gasteiger partial charge in [-0.2, -0.15) is 0 Å². The van der Waals surface area contributed by atoms with Crippen LogP contribution in [0, 0.1) is 5.82 Å². The molecular weight excluding hydrogens is 335 g/mol. The lowest BCUT2D eigenvalue weighted by atomic mass is 10.2. The van der Waals surface area contributed by atoms with Gasteiger partial charge in [0.2, 0.25) is 0 Å². The van der Waals surface area contributed by atoms with Gasteiger partial charge in [0.1, 0.15) is 11.6 Å². The molecule has 19 heavy (non-hydrogen) atoms. The highest BCUT2D eigenvalue weighted by Gasteiger charge is 2.09. The molecule has 0 atom stereocenters. The van der Waals surface area contributed by atoms with Crippen LogP contribution in [0.3, 0.4) is 0 Å². The molecule has 0 saturated heterocycles. The van der Waals surface area contributed by atoms with Crippen LogP contribution in [0.4, 0.5) is 21.5 Å². The third-order valence-corrected chi connectivity index (χ3v) is 3.52. The summed E-state index contributed by atoms with van der Waals surface area (Å²) in [5.74, 6) is 0.145. The number of hydrogen-bond donors (Lipinski definition) is 2. The summed E-state index contributed by atoms with van der Waals surface area (Å²) in [6, 6.07) is 8.07. The predicted molar refractivity (Wildman–Crippen MR) is 79.8 cm³/mol. The molecule has 0 radical (unpaired) electrons. The topological polar surface area (TPSA) is 47.3 Å². The summed E-state index contributed by atoms with van der Waals surface area (Å²) in [5.41, 5.74) is 7.30. The van der Waals surface area contributed by atoms with Crippen molar-refractivity contribution in [1.82, 2.24) is 0 Å². The number of hydrogen-bond acceptors (Lipinski definition) is 3. The Balaban J connectivity index is 2.38. The van der Waals surface area contributed by atoms with Crippen LogP contribution in [0.15, 0.2) is 34.8 Å². The molecule has 3 nitrogen and oxygen atoms in total. The molecule has 0 spiro atoms. The fourth-order valence-electron chi connectivity index (χ4n) is 1.54. The van der Waals surface area contributed by atoms with Crippen LogP contribution >= 0.6 is 27.5 Å². The average molecular weight is 346 g/mol. The molecule has 0 aromatic heterocycles. The van der Waals surface area contributed by atoms with Crippen LogP contribution < -0.4 is 15.8 Å². The molecule has 0 aliphatic carbocycles. The highest BCUT2D eigenvalue weighted by molar-refractivity contribution is 9.10. The highest BCUT2D eigenvalue weighted by atomic mass is 79.9. The lowest BCUT2D eigenvalue weighted by molar-refractivity contribution is 0.415. The molecule has 0 aliphatic heterocycles. The number of nitrogens with two attached hydrogens (primary N) is 1. The van der Waals surface area contributed by atoms with E-state index >= 15 is 0 Å². The second-order valence-electron chi connectivity index (χ2n) is 3.82. The molecule has 3 N–H and O–H groups in total. The number of halogens is 3. The number of nitrogen functional groups attached to an aromatic ring is 1. The third kappa shape index (κ3) is 3.11. The third-order valence-electron chi connectivity index (χ3n) is 2.54. The molecule has 0 unspecified atom stereocenters. The maximum Gasteiger partial charge on any atom is 0.143 e. The van der Waals surface area contributed by atoms with Gasteiger partial charge in [-0.15, -0.1) is 0 Å². The van der Waals surface area contributed by atoms with Crippen molar-refractivity contribution in [3.8, 4) is 5.75 Å². The molecule has 2 aromatic rings. The van der Waals surface area contributed by atoms with Crippen molar-refractivity contribution < 1.29 is 9.13 Å². The van der Waals surface area contributed by atoms with Gasteiger partial charge in [-0.05, 0) is 34.1 Å². The maximum atomic E-state index is 13.2. The SMILES string of the molecule is COc1ccc(Br)c(Nc2cc(Cl)c(F)cc2N)c1. The average Bonchev–Trinajstić information content (AvgIpc) is 2.38. The number of ether oxygens (including phenoxy) is 1. The maximum absolute atomic E-state index is 13.2. The second-order valence-corrected chi connectivity index (χ2v) is 5.09. The van der Waals surface area contributed by atoms with E-state index in [1.54, 1.807) is 13.2 Å². The van der Waals surface area contributed by atoms with Crippen molar-refractivity contribution in [2.45, 2.75) is 0 Å². The fraction of sp³-hybridized carbons (Fsp3) is 0.0769. The predicted octanol–water partition coefficient (Wildman–Crippen LogP) is 4.58. The summed E-state index contributed by atoms with van der Waals surface area (Å²) >= 11 is 9.15. The summed E-state index contributed by atoms with van der Waals surface area (Å²) in [4.78, 5) is 0. The first-order valence-corrected chi connectivity index (χ1v) is 6.53. The summed E-state index contributed by atoms with van der Waals surface area (Å²) < 4.78 is 19.2. The minimum atomic E-state index is -0.547. The Kier molecular flexibility index (Phi) is 4.17. The highest BCUT2D eigenvalue weighted by Crippen LogP contribution is 2.33. The van der Waals surface area contributed by atoms with Gasteiger partial charge in [0.05, 0.1) is 29.2 Å². The van der Waals surface area contributed by atoms with Crippen molar-refractivity contribution in [1.29, 1.82) is 0 Å². The van der Waals surface area contributed by atoms with E-state index in [1.165, 1.54) is 12.1 Å². The monoisotopic (exact) mass is 344 g/mol. The van der Waals surface area contributed by atoms with E-state index in [9.17, 15) is 4.39 Å². The van der Waals surface area contributed by atoms with Crippen molar-refractivity contribution in [2.24, 2.45) is 0 Å². The lowest BCUT2D eigenvalue weighted by Gasteiger charge is -2.13. The number of methoxy groups -OCH3 is 1. The molecule has 0 fully saturated rings. The van der Waals surface area contributed by atoms with Gasteiger partial charge in [0.15, 0.2) is 0 Å². The van der Waals surface area contributed by atoms with Crippen LogP contribution in [0.5, 0.6) is 5.75 Å². The summed E-state index contributed by atoms with van der Waals surface area (Å²) in [5, 5.41) is 3.09. The van der Waals surface area contributed by atoms with Gasteiger partial charge in [-0.3, -0.25) is 0 Å². The molecule has 0 saturated carbocycles. The molecule has 2 rings (SSSR count). The standard InChI is InChI=1S/C13H11BrClFN2O/c1-19-7-2-3-8(14)12(4-7)18-13-5-9(15)10(16)6-11(13)17/h2-6,18H,17H2,1H3. The van der Waals surface area contributed by atoms with E-state index < -0.39 is 5.82 Å². The van der Waals surface area contributed by atoms with E-state index in [0.29, 0.717) is 11.4 Å². The van der Waals surface area contributed by atoms with Crippen molar-refractivity contribution in [3.63, 3.8) is 0 Å². The van der Waals surface area contributed by atoms with Crippen LogP contribution in [0.25, 0.3) is 0 Å². The normalized spacial score (nSPS) is 10.3. The Morgan fingerprint density at radius 1 is 1.26 bits per heavy atom. The fourth-order valence-corrected chi connectivity index (χ4v) is 2.05. The molecule has 0 heterocycles. The van der Waals surface area contributed by atoms with Crippen molar-refractivity contribution in [3.05, 3.63) is 45.6 Å². The zero-order valence-corrected chi connectivity index (χ0v) is 12.3. The lowest BCUT2D eigenvalue weighted by Crippen LogP contribution is -1.98. The minimum Gasteiger partial charge on any atom is -0.497 e. The first kappa shape index (κ1) is 14.0. The number of anilines is 3. The van der Waals surface area contributed by atoms with Crippen molar-refractivity contribution >= 4 is 44.6 Å². The second kappa shape index (κ2) is 5.67. The Morgan fingerprint density at radius 2 is 2.00 bits per heavy atom. The van der Waals surface area contributed by atoms with Crippen molar-refractivity contribution in [2.75, 3.05) is 18.2 Å². The quantitative estimate of drug-likeness (QED) is 0.801. The Bertz CT molecular complexity index is 622. The smallest absolute Gasteiger partial charge is 0.143 e. The molecular formula is C13H11BrClFN2O. The molecule has 0 aliphatic rings. The van der Waals surface area contributed by atoms with Crippen LogP contribution in [0.2, 0.25) is 5.02 Å². The Labute approximate surface area is 123 Å². The zero-order chi connectivity index (χ0) is 14.0. The molecule has 0 amide bonds. The van der Waals surface area contributed by atoms with Gasteiger partial charge in [-0.25, -0.2) is 4.39 Å². The summed E-state index contributed by atoms with van der Waals surface area (Å²) in [6.07, 6.45) is 0. The van der Waals surface area contributed by atoms with Gasteiger partial charge in [0, 0.05) is 16.6 Å². The van der Waals surface area contributed by atoms with E-state index in [-0.39, 0.29) is 10.7 Å².